The second kappa shape index (κ2) is 8.84. The van der Waals surface area contributed by atoms with E-state index in [1.807, 2.05) is 12.1 Å². The number of carbonyl (C=O) groups excluding carboxylic acids is 2. The third-order valence-corrected chi connectivity index (χ3v) is 7.56. The molecule has 1 atom stereocenters. The third-order valence-electron chi connectivity index (χ3n) is 5.78. The van der Waals surface area contributed by atoms with E-state index in [0.29, 0.717) is 12.8 Å². The molecule has 1 aromatic heterocycles. The van der Waals surface area contributed by atoms with E-state index in [0.717, 1.165) is 41.2 Å². The molecule has 8 nitrogen and oxygen atoms in total. The smallest absolute Gasteiger partial charge is 0.374 e. The van der Waals surface area contributed by atoms with Crippen molar-refractivity contribution < 1.29 is 27.2 Å². The van der Waals surface area contributed by atoms with Crippen LogP contribution >= 0.6 is 0 Å². The van der Waals surface area contributed by atoms with Crippen molar-refractivity contribution >= 4 is 27.6 Å². The lowest BCUT2D eigenvalue weighted by Crippen LogP contribution is -2.43. The van der Waals surface area contributed by atoms with Gasteiger partial charge >= 0.3 is 5.97 Å². The maximum Gasteiger partial charge on any atom is 0.374 e. The Hall–Kier alpha value is -2.65. The highest BCUT2D eigenvalue weighted by Gasteiger charge is 2.41. The standard InChI is InChI=1S/C22H26N2O6S/c1-2-29-22(26)19-12-13-20(30-19)31(27,28)24-14-6-11-18(24)21(25)23-17-10-5-8-15-7-3-4-9-16(15)17/h5,8,10,12-13,18H,2-4,6-7,9,11,14H2,1H3,(H,23,25). The van der Waals surface area contributed by atoms with Gasteiger partial charge in [0.25, 0.3) is 10.0 Å². The molecule has 1 aliphatic carbocycles. The van der Waals surface area contributed by atoms with Gasteiger partial charge in [-0.25, -0.2) is 13.2 Å². The number of furan rings is 1. The number of amides is 1. The van der Waals surface area contributed by atoms with Gasteiger partial charge in [0, 0.05) is 12.2 Å². The summed E-state index contributed by atoms with van der Waals surface area (Å²) in [6.07, 6.45) is 5.09. The lowest BCUT2D eigenvalue weighted by molar-refractivity contribution is -0.119. The Morgan fingerprint density at radius 3 is 2.77 bits per heavy atom. The van der Waals surface area contributed by atoms with Crippen molar-refractivity contribution in [3.8, 4) is 0 Å². The number of fused-ring (bicyclic) bond motifs is 1. The van der Waals surface area contributed by atoms with Crippen LogP contribution in [0.25, 0.3) is 0 Å². The van der Waals surface area contributed by atoms with Gasteiger partial charge in [-0.3, -0.25) is 4.79 Å². The number of hydrogen-bond donors (Lipinski definition) is 1. The molecule has 1 unspecified atom stereocenters. The van der Waals surface area contributed by atoms with Crippen molar-refractivity contribution in [2.75, 3.05) is 18.5 Å². The van der Waals surface area contributed by atoms with Crippen molar-refractivity contribution in [3.05, 3.63) is 47.2 Å². The Kier molecular flexibility index (Phi) is 6.15. The first-order valence-electron chi connectivity index (χ1n) is 10.6. The van der Waals surface area contributed by atoms with Gasteiger partial charge < -0.3 is 14.5 Å². The minimum atomic E-state index is -4.07. The number of aryl methyl sites for hydroxylation is 1. The molecule has 31 heavy (non-hydrogen) atoms. The highest BCUT2D eigenvalue weighted by Crippen LogP contribution is 2.31. The molecule has 9 heteroatoms. The van der Waals surface area contributed by atoms with Gasteiger partial charge in [0.15, 0.2) is 0 Å². The molecule has 1 aliphatic heterocycles. The van der Waals surface area contributed by atoms with Crippen LogP contribution in [-0.4, -0.2) is 43.8 Å². The summed E-state index contributed by atoms with van der Waals surface area (Å²) in [7, 11) is -4.07. The number of hydrogen-bond acceptors (Lipinski definition) is 6. The van der Waals surface area contributed by atoms with E-state index < -0.39 is 22.0 Å². The average molecular weight is 447 g/mol. The molecule has 0 spiro atoms. The van der Waals surface area contributed by atoms with Gasteiger partial charge in [-0.15, -0.1) is 0 Å². The fraction of sp³-hybridized carbons (Fsp3) is 0.455. The molecule has 0 saturated carbocycles. The van der Waals surface area contributed by atoms with Gasteiger partial charge in [-0.05, 0) is 74.8 Å². The Balaban J connectivity index is 1.54. The summed E-state index contributed by atoms with van der Waals surface area (Å²) in [5.74, 6) is -1.26. The minimum absolute atomic E-state index is 0.152. The zero-order valence-electron chi connectivity index (χ0n) is 17.4. The first-order valence-corrected chi connectivity index (χ1v) is 12.1. The first-order chi connectivity index (χ1) is 14.9. The van der Waals surface area contributed by atoms with Crippen molar-refractivity contribution in [1.29, 1.82) is 0 Å². The van der Waals surface area contributed by atoms with Crippen LogP contribution < -0.4 is 5.32 Å². The first kappa shape index (κ1) is 21.6. The maximum absolute atomic E-state index is 13.1. The number of benzene rings is 1. The van der Waals surface area contributed by atoms with Gasteiger partial charge in [0.1, 0.15) is 6.04 Å². The fourth-order valence-corrected chi connectivity index (χ4v) is 5.86. The number of anilines is 1. The summed E-state index contributed by atoms with van der Waals surface area (Å²) >= 11 is 0. The maximum atomic E-state index is 13.1. The summed E-state index contributed by atoms with van der Waals surface area (Å²) in [5, 5.41) is 2.59. The summed E-state index contributed by atoms with van der Waals surface area (Å²) < 4.78 is 37.5. The molecule has 1 saturated heterocycles. The molecule has 166 valence electrons. The predicted molar refractivity (Wildman–Crippen MR) is 113 cm³/mol. The minimum Gasteiger partial charge on any atom is -0.460 e. The highest BCUT2D eigenvalue weighted by molar-refractivity contribution is 7.89. The highest BCUT2D eigenvalue weighted by atomic mass is 32.2. The van der Waals surface area contributed by atoms with Gasteiger partial charge in [0.2, 0.25) is 16.8 Å². The topological polar surface area (TPSA) is 106 Å². The number of carbonyl (C=O) groups is 2. The van der Waals surface area contributed by atoms with E-state index >= 15 is 0 Å². The molecular weight excluding hydrogens is 420 g/mol. The average Bonchev–Trinajstić information content (AvgIpc) is 3.45. The van der Waals surface area contributed by atoms with Gasteiger partial charge in [-0.2, -0.15) is 4.31 Å². The summed E-state index contributed by atoms with van der Waals surface area (Å²) in [5.41, 5.74) is 3.13. The summed E-state index contributed by atoms with van der Waals surface area (Å²) in [4.78, 5) is 24.9. The zero-order chi connectivity index (χ0) is 22.0. The number of esters is 1. The monoisotopic (exact) mass is 446 g/mol. The molecule has 2 aromatic rings. The Labute approximate surface area is 181 Å². The van der Waals surface area contributed by atoms with Crippen LogP contribution in [0.15, 0.2) is 39.8 Å². The number of rotatable bonds is 6. The van der Waals surface area contributed by atoms with Crippen molar-refractivity contribution in [2.45, 2.75) is 56.6 Å². The second-order valence-electron chi connectivity index (χ2n) is 7.75. The van der Waals surface area contributed by atoms with Crippen LogP contribution in [-0.2, 0) is 32.4 Å². The SMILES string of the molecule is CCOC(=O)c1ccc(S(=O)(=O)N2CCCC2C(=O)Nc2cccc3c2CCCC3)o1. The number of ether oxygens (including phenoxy) is 1. The quantitative estimate of drug-likeness (QED) is 0.684. The van der Waals surface area contributed by atoms with Gasteiger partial charge in [-0.1, -0.05) is 12.1 Å². The second-order valence-corrected chi connectivity index (χ2v) is 9.57. The van der Waals surface area contributed by atoms with Crippen LogP contribution in [0.3, 0.4) is 0 Å². The predicted octanol–water partition coefficient (Wildman–Crippen LogP) is 3.13. The molecule has 0 radical (unpaired) electrons. The van der Waals surface area contributed by atoms with Gasteiger partial charge in [0.05, 0.1) is 6.61 Å². The lowest BCUT2D eigenvalue weighted by Gasteiger charge is -2.24. The third kappa shape index (κ3) is 4.24. The largest absolute Gasteiger partial charge is 0.460 e. The Bertz CT molecular complexity index is 1090. The molecule has 1 N–H and O–H groups in total. The van der Waals surface area contributed by atoms with Crippen LogP contribution in [0, 0.1) is 0 Å². The van der Waals surface area contributed by atoms with Crippen molar-refractivity contribution in [3.63, 3.8) is 0 Å². The fourth-order valence-electron chi connectivity index (χ4n) is 4.29. The Morgan fingerprint density at radius 1 is 1.16 bits per heavy atom. The van der Waals surface area contributed by atoms with Crippen molar-refractivity contribution in [2.24, 2.45) is 0 Å². The van der Waals surface area contributed by atoms with Crippen LogP contribution in [0.2, 0.25) is 0 Å². The number of sulfonamides is 1. The van der Waals surface area contributed by atoms with E-state index in [9.17, 15) is 18.0 Å². The lowest BCUT2D eigenvalue weighted by atomic mass is 9.90. The molecule has 1 aromatic carbocycles. The molecule has 1 amide bonds. The van der Waals surface area contributed by atoms with E-state index in [4.69, 9.17) is 9.15 Å². The van der Waals surface area contributed by atoms with E-state index in [-0.39, 0.29) is 29.9 Å². The normalized spacial score (nSPS) is 19.1. The van der Waals surface area contributed by atoms with Crippen LogP contribution in [0.1, 0.15) is 54.3 Å². The number of nitrogens with one attached hydrogen (secondary N) is 1. The van der Waals surface area contributed by atoms with Crippen LogP contribution in [0.4, 0.5) is 5.69 Å². The molecule has 1 fully saturated rings. The molecule has 0 bridgehead atoms. The molecule has 2 heterocycles. The molecule has 4 rings (SSSR count). The zero-order valence-corrected chi connectivity index (χ0v) is 18.2. The van der Waals surface area contributed by atoms with E-state index in [1.165, 1.54) is 17.7 Å². The van der Waals surface area contributed by atoms with Crippen molar-refractivity contribution in [1.82, 2.24) is 4.31 Å². The van der Waals surface area contributed by atoms with E-state index in [2.05, 4.69) is 11.4 Å². The molecular formula is C22H26N2O6S. The Morgan fingerprint density at radius 2 is 1.97 bits per heavy atom. The molecule has 2 aliphatic rings. The van der Waals surface area contributed by atoms with E-state index in [1.54, 1.807) is 6.92 Å². The van der Waals surface area contributed by atoms with Crippen LogP contribution in [0.5, 0.6) is 0 Å². The summed E-state index contributed by atoms with van der Waals surface area (Å²) in [6, 6.07) is 7.53. The summed E-state index contributed by atoms with van der Waals surface area (Å²) in [6.45, 7) is 2.01. The number of nitrogens with zero attached hydrogens (tertiary/aromatic N) is 1.